The van der Waals surface area contributed by atoms with Gasteiger partial charge in [0.15, 0.2) is 0 Å². The lowest BCUT2D eigenvalue weighted by molar-refractivity contribution is -0.130. The molecule has 4 bridgehead atoms. The van der Waals surface area contributed by atoms with Crippen LogP contribution in [-0.2, 0) is 4.74 Å². The summed E-state index contributed by atoms with van der Waals surface area (Å²) >= 11 is 0. The molecule has 3 unspecified atom stereocenters. The molecule has 4 aliphatic heterocycles. The summed E-state index contributed by atoms with van der Waals surface area (Å²) in [5, 5.41) is 11.0. The van der Waals surface area contributed by atoms with Crippen LogP contribution in [0.25, 0.3) is 10.9 Å². The minimum absolute atomic E-state index is 0.00592. The monoisotopic (exact) mass is 326 g/mol. The van der Waals surface area contributed by atoms with E-state index in [4.69, 9.17) is 4.74 Å². The van der Waals surface area contributed by atoms with E-state index in [9.17, 15) is 9.90 Å². The number of esters is 1. The van der Waals surface area contributed by atoms with Gasteiger partial charge in [-0.1, -0.05) is 18.2 Å². The Bertz CT molecular complexity index is 770. The number of para-hydroxylation sites is 1. The fraction of sp³-hybridized carbons (Fsp3) is 0.526. The van der Waals surface area contributed by atoms with Gasteiger partial charge in [-0.2, -0.15) is 0 Å². The minimum Gasteiger partial charge on any atom is -0.459 e. The van der Waals surface area contributed by atoms with Gasteiger partial charge < -0.3 is 14.8 Å². The molecule has 4 fully saturated rings. The maximum atomic E-state index is 12.6. The van der Waals surface area contributed by atoms with Crippen molar-refractivity contribution in [3.8, 4) is 0 Å². The molecule has 5 heteroatoms. The normalized spacial score (nSPS) is 37.5. The molecule has 1 aromatic carbocycles. The zero-order chi connectivity index (χ0) is 16.3. The smallest absolute Gasteiger partial charge is 0.340 e. The number of carbonyl (C=O) groups is 1. The van der Waals surface area contributed by atoms with E-state index in [1.165, 1.54) is 0 Å². The zero-order valence-corrected chi connectivity index (χ0v) is 13.5. The first-order chi connectivity index (χ1) is 11.7. The Morgan fingerprint density at radius 3 is 2.67 bits per heavy atom. The number of aromatic nitrogens is 1. The van der Waals surface area contributed by atoms with E-state index >= 15 is 0 Å². The average Bonchev–Trinajstić information content (AvgIpc) is 2.99. The van der Waals surface area contributed by atoms with Crippen LogP contribution in [0.1, 0.15) is 36.0 Å². The molecular formula is C19H22N2O3. The van der Waals surface area contributed by atoms with Crippen molar-refractivity contribution in [3.63, 3.8) is 0 Å². The maximum Gasteiger partial charge on any atom is 0.340 e. The van der Waals surface area contributed by atoms with Gasteiger partial charge in [-0.25, -0.2) is 4.79 Å². The van der Waals surface area contributed by atoms with E-state index in [2.05, 4.69) is 9.88 Å². The maximum absolute atomic E-state index is 12.6. The Morgan fingerprint density at radius 1 is 1.17 bits per heavy atom. The molecule has 5 nitrogen and oxygen atoms in total. The Balaban J connectivity index is 1.32. The molecular weight excluding hydrogens is 304 g/mol. The second-order valence-electron chi connectivity index (χ2n) is 7.55. The molecule has 4 aliphatic rings. The lowest BCUT2D eigenvalue weighted by Gasteiger charge is -2.56. The molecule has 0 amide bonds. The highest BCUT2D eigenvalue weighted by Crippen LogP contribution is 2.43. The number of nitrogens with one attached hydrogen (secondary N) is 1. The van der Waals surface area contributed by atoms with E-state index in [1.54, 1.807) is 6.20 Å². The first kappa shape index (κ1) is 14.5. The Morgan fingerprint density at radius 2 is 1.92 bits per heavy atom. The summed E-state index contributed by atoms with van der Waals surface area (Å²) in [5.74, 6) is 0.216. The molecule has 24 heavy (non-hydrogen) atoms. The number of piperidine rings is 4. The third-order valence-corrected chi connectivity index (χ3v) is 6.18. The lowest BCUT2D eigenvalue weighted by atomic mass is 9.71. The van der Waals surface area contributed by atoms with Crippen molar-refractivity contribution in [1.29, 1.82) is 0 Å². The third kappa shape index (κ3) is 2.19. The van der Waals surface area contributed by atoms with Crippen LogP contribution in [0.15, 0.2) is 30.5 Å². The van der Waals surface area contributed by atoms with Crippen LogP contribution in [0, 0.1) is 5.92 Å². The summed E-state index contributed by atoms with van der Waals surface area (Å²) in [6.07, 6.45) is 5.45. The number of hydrogen-bond donors (Lipinski definition) is 2. The molecule has 4 saturated heterocycles. The molecule has 126 valence electrons. The number of carbonyl (C=O) groups excluding carboxylic acids is 1. The highest BCUT2D eigenvalue weighted by molar-refractivity contribution is 6.04. The molecule has 2 N–H and O–H groups in total. The van der Waals surface area contributed by atoms with Crippen LogP contribution in [0.3, 0.4) is 0 Å². The Labute approximate surface area is 140 Å². The number of aliphatic hydroxyl groups excluding tert-OH is 1. The van der Waals surface area contributed by atoms with Gasteiger partial charge in [0.2, 0.25) is 0 Å². The molecule has 0 spiro atoms. The number of rotatable bonds is 2. The van der Waals surface area contributed by atoms with Gasteiger partial charge in [0, 0.05) is 48.6 Å². The van der Waals surface area contributed by atoms with Crippen LogP contribution in [0.5, 0.6) is 0 Å². The molecule has 0 aliphatic carbocycles. The Hall–Kier alpha value is -1.85. The number of ether oxygens (including phenoxy) is 1. The van der Waals surface area contributed by atoms with Crippen molar-refractivity contribution in [2.45, 2.75) is 50.0 Å². The quantitative estimate of drug-likeness (QED) is 0.831. The van der Waals surface area contributed by atoms with Crippen LogP contribution in [-0.4, -0.2) is 51.8 Å². The van der Waals surface area contributed by atoms with E-state index < -0.39 is 0 Å². The second-order valence-corrected chi connectivity index (χ2v) is 7.55. The number of hydrogen-bond acceptors (Lipinski definition) is 4. The number of fused-ring (bicyclic) bond motifs is 2. The van der Waals surface area contributed by atoms with Crippen LogP contribution in [0.2, 0.25) is 0 Å². The summed E-state index contributed by atoms with van der Waals surface area (Å²) in [4.78, 5) is 18.2. The molecule has 1 aromatic heterocycles. The van der Waals surface area contributed by atoms with E-state index in [0.29, 0.717) is 23.6 Å². The van der Waals surface area contributed by atoms with Crippen molar-refractivity contribution in [2.75, 3.05) is 6.54 Å². The second kappa shape index (κ2) is 5.33. The van der Waals surface area contributed by atoms with Gasteiger partial charge in [-0.05, 0) is 24.8 Å². The van der Waals surface area contributed by atoms with Gasteiger partial charge in [0.1, 0.15) is 6.10 Å². The van der Waals surface area contributed by atoms with Crippen molar-refractivity contribution in [3.05, 3.63) is 36.0 Å². The van der Waals surface area contributed by atoms with Gasteiger partial charge in [0.25, 0.3) is 0 Å². The van der Waals surface area contributed by atoms with Crippen LogP contribution >= 0.6 is 0 Å². The summed E-state index contributed by atoms with van der Waals surface area (Å²) in [6.45, 7) is 0.795. The van der Waals surface area contributed by atoms with Gasteiger partial charge >= 0.3 is 5.97 Å². The molecule has 0 radical (unpaired) electrons. The van der Waals surface area contributed by atoms with Crippen molar-refractivity contribution < 1.29 is 14.6 Å². The summed E-state index contributed by atoms with van der Waals surface area (Å²) < 4.78 is 5.87. The number of nitrogens with zero attached hydrogens (tertiary/aromatic N) is 1. The lowest BCUT2D eigenvalue weighted by Crippen LogP contribution is -2.64. The number of H-pyrrole nitrogens is 1. The predicted octanol–water partition coefficient (Wildman–Crippen LogP) is 2.31. The number of aromatic amines is 1. The van der Waals surface area contributed by atoms with E-state index in [1.807, 2.05) is 24.3 Å². The standard InChI is InChI=1S/C19H22N2O3/c22-18-10-21-12-5-11(18)6-13(21)8-14(7-12)24-19(23)16-9-20-17-4-2-1-3-15(16)17/h1-4,9,11-14,18,20,22H,5-8,10H2/t11?,12-,13+,14?,18-/m1/s1. The van der Waals surface area contributed by atoms with Gasteiger partial charge in [-0.3, -0.25) is 4.90 Å². The SMILES string of the molecule is O=C(OC1C[C@@H]2CC3C[C@H](C1)N2C[C@H]3O)c1c[nH]c2ccccc12. The molecule has 6 rings (SSSR count). The summed E-state index contributed by atoms with van der Waals surface area (Å²) in [7, 11) is 0. The van der Waals surface area contributed by atoms with Crippen molar-refractivity contribution in [2.24, 2.45) is 5.92 Å². The fourth-order valence-corrected chi connectivity index (χ4v) is 5.06. The highest BCUT2D eigenvalue weighted by atomic mass is 16.5. The first-order valence-corrected chi connectivity index (χ1v) is 8.90. The minimum atomic E-state index is -0.224. The van der Waals surface area contributed by atoms with Crippen LogP contribution in [0.4, 0.5) is 0 Å². The van der Waals surface area contributed by atoms with Crippen molar-refractivity contribution in [1.82, 2.24) is 9.88 Å². The molecule has 2 aromatic rings. The number of benzene rings is 1. The van der Waals surface area contributed by atoms with Crippen LogP contribution < -0.4 is 0 Å². The summed E-state index contributed by atoms with van der Waals surface area (Å²) in [5.41, 5.74) is 1.58. The Kier molecular flexibility index (Phi) is 3.22. The molecule has 5 heterocycles. The van der Waals surface area contributed by atoms with E-state index in [0.717, 1.165) is 43.1 Å². The topological polar surface area (TPSA) is 65.6 Å². The van der Waals surface area contributed by atoms with Gasteiger partial charge in [0.05, 0.1) is 11.7 Å². The predicted molar refractivity (Wildman–Crippen MR) is 89.7 cm³/mol. The number of aliphatic hydroxyl groups is 1. The molecule has 0 saturated carbocycles. The zero-order valence-electron chi connectivity index (χ0n) is 13.5. The fourth-order valence-electron chi connectivity index (χ4n) is 5.06. The average molecular weight is 326 g/mol. The third-order valence-electron chi connectivity index (χ3n) is 6.18. The summed E-state index contributed by atoms with van der Waals surface area (Å²) in [6, 6.07) is 8.73. The van der Waals surface area contributed by atoms with E-state index in [-0.39, 0.29) is 18.2 Å². The highest BCUT2D eigenvalue weighted by Gasteiger charge is 2.49. The first-order valence-electron chi connectivity index (χ1n) is 8.90. The van der Waals surface area contributed by atoms with Gasteiger partial charge in [-0.15, -0.1) is 0 Å². The largest absolute Gasteiger partial charge is 0.459 e. The molecule has 6 atom stereocenters. The van der Waals surface area contributed by atoms with Crippen molar-refractivity contribution >= 4 is 16.9 Å².